The Morgan fingerprint density at radius 1 is 1.08 bits per heavy atom. The molecule has 2 N–H and O–H groups in total. The van der Waals surface area contributed by atoms with E-state index in [2.05, 4.69) is 46.7 Å². The molecule has 5 nitrogen and oxygen atoms in total. The molecule has 6 heteroatoms. The normalized spacial score (nSPS) is 12.0. The summed E-state index contributed by atoms with van der Waals surface area (Å²) in [7, 11) is 0. The van der Waals surface area contributed by atoms with Gasteiger partial charge in [-0.25, -0.2) is 9.78 Å². The molecule has 3 aromatic rings. The summed E-state index contributed by atoms with van der Waals surface area (Å²) in [5, 5.41) is 13.4. The van der Waals surface area contributed by atoms with Gasteiger partial charge in [0.1, 0.15) is 0 Å². The van der Waals surface area contributed by atoms with Crippen molar-refractivity contribution < 1.29 is 14.7 Å². The van der Waals surface area contributed by atoms with Gasteiger partial charge in [-0.15, -0.1) is 11.3 Å². The third-order valence-electron chi connectivity index (χ3n) is 4.20. The lowest BCUT2D eigenvalue weighted by Gasteiger charge is -2.03. The molecule has 2 aromatic carbocycles. The van der Waals surface area contributed by atoms with Crippen molar-refractivity contribution >= 4 is 28.3 Å². The molecule has 128 valence electrons. The van der Waals surface area contributed by atoms with E-state index in [1.807, 2.05) is 11.4 Å². The number of hydrogen-bond donors (Lipinski definition) is 2. The summed E-state index contributed by atoms with van der Waals surface area (Å²) in [6.45, 7) is 0. The molecule has 0 radical (unpaired) electrons. The number of aliphatic carboxylic acids is 1. The molecule has 1 aromatic heterocycles. The number of hydrogen-bond acceptors (Lipinski definition) is 4. The second kappa shape index (κ2) is 6.57. The summed E-state index contributed by atoms with van der Waals surface area (Å²) in [5.74, 6) is -1.68. The second-order valence-corrected chi connectivity index (χ2v) is 6.76. The van der Waals surface area contributed by atoms with E-state index in [0.29, 0.717) is 5.13 Å². The minimum Gasteiger partial charge on any atom is -0.478 e. The molecule has 4 rings (SSSR count). The van der Waals surface area contributed by atoms with Crippen LogP contribution >= 0.6 is 11.3 Å². The number of thiazole rings is 1. The van der Waals surface area contributed by atoms with Crippen LogP contribution in [0.4, 0.5) is 5.13 Å². The number of rotatable bonds is 4. The van der Waals surface area contributed by atoms with Crippen molar-refractivity contribution in [1.29, 1.82) is 0 Å². The number of carboxylic acid groups (broad SMARTS) is 1. The van der Waals surface area contributed by atoms with Gasteiger partial charge in [0, 0.05) is 23.1 Å². The Balaban J connectivity index is 1.55. The van der Waals surface area contributed by atoms with E-state index in [4.69, 9.17) is 5.11 Å². The summed E-state index contributed by atoms with van der Waals surface area (Å²) in [4.78, 5) is 26.5. The topological polar surface area (TPSA) is 79.3 Å². The largest absolute Gasteiger partial charge is 0.478 e. The van der Waals surface area contributed by atoms with E-state index in [1.54, 1.807) is 0 Å². The van der Waals surface area contributed by atoms with E-state index in [9.17, 15) is 9.59 Å². The number of fused-ring (bicyclic) bond motifs is 3. The lowest BCUT2D eigenvalue weighted by atomic mass is 10.0. The van der Waals surface area contributed by atoms with Crippen molar-refractivity contribution in [1.82, 2.24) is 4.98 Å². The van der Waals surface area contributed by atoms with Gasteiger partial charge in [0.15, 0.2) is 5.13 Å². The first-order chi connectivity index (χ1) is 12.6. The summed E-state index contributed by atoms with van der Waals surface area (Å²) in [6, 6.07) is 14.7. The Hall–Kier alpha value is -3.25. The van der Waals surface area contributed by atoms with Crippen molar-refractivity contribution in [3.05, 3.63) is 71.1 Å². The molecule has 0 fully saturated rings. The minimum absolute atomic E-state index is 0.434. The molecule has 1 aliphatic rings. The fourth-order valence-corrected chi connectivity index (χ4v) is 3.78. The maximum atomic E-state index is 11.6. The highest BCUT2D eigenvalue weighted by atomic mass is 32.1. The zero-order chi connectivity index (χ0) is 18.1. The van der Waals surface area contributed by atoms with Gasteiger partial charge in [-0.3, -0.25) is 10.1 Å². The Kier molecular flexibility index (Phi) is 4.10. The van der Waals surface area contributed by atoms with Crippen LogP contribution in [0.25, 0.3) is 22.4 Å². The van der Waals surface area contributed by atoms with Gasteiger partial charge in [-0.1, -0.05) is 36.4 Å². The molecule has 0 spiro atoms. The molecule has 26 heavy (non-hydrogen) atoms. The molecule has 0 saturated heterocycles. The first-order valence-electron chi connectivity index (χ1n) is 7.99. The average molecular weight is 362 g/mol. The van der Waals surface area contributed by atoms with Crippen LogP contribution in [-0.4, -0.2) is 22.0 Å². The van der Waals surface area contributed by atoms with E-state index >= 15 is 0 Å². The summed E-state index contributed by atoms with van der Waals surface area (Å²) >= 11 is 1.30. The molecule has 0 aliphatic heterocycles. The minimum atomic E-state index is -1.17. The fraction of sp³-hybridized carbons (Fsp3) is 0.0500. The smallest absolute Gasteiger partial charge is 0.328 e. The van der Waals surface area contributed by atoms with Crippen LogP contribution in [0, 0.1) is 0 Å². The number of nitrogens with one attached hydrogen (secondary N) is 1. The number of anilines is 1. The standard InChI is InChI=1S/C20H14N2O3S/c23-18(7-8-19(24)25)22-20-21-17(11-26-20)13-5-6-16-14(10-13)9-12-3-1-2-4-15(12)16/h1-8,10-11H,9H2,(H,24,25)(H,21,22,23). The molecule has 1 heterocycles. The summed E-state index contributed by atoms with van der Waals surface area (Å²) in [6.07, 6.45) is 2.67. The van der Waals surface area contributed by atoms with Crippen molar-refractivity contribution in [2.24, 2.45) is 0 Å². The highest BCUT2D eigenvalue weighted by Gasteiger charge is 2.18. The molecule has 0 atom stereocenters. The van der Waals surface area contributed by atoms with Crippen molar-refractivity contribution in [2.45, 2.75) is 6.42 Å². The Labute approximate surface area is 153 Å². The quantitative estimate of drug-likeness (QED) is 0.539. The van der Waals surface area contributed by atoms with Crippen LogP contribution in [0.3, 0.4) is 0 Å². The van der Waals surface area contributed by atoms with E-state index < -0.39 is 11.9 Å². The highest BCUT2D eigenvalue weighted by molar-refractivity contribution is 7.14. The van der Waals surface area contributed by atoms with Crippen LogP contribution in [0.5, 0.6) is 0 Å². The van der Waals surface area contributed by atoms with E-state index in [1.165, 1.54) is 33.6 Å². The maximum Gasteiger partial charge on any atom is 0.328 e. The first-order valence-corrected chi connectivity index (χ1v) is 8.87. The van der Waals surface area contributed by atoms with E-state index in [-0.39, 0.29) is 0 Å². The van der Waals surface area contributed by atoms with Gasteiger partial charge >= 0.3 is 5.97 Å². The predicted octanol–water partition coefficient (Wildman–Crippen LogP) is 3.96. The molecule has 0 unspecified atom stereocenters. The van der Waals surface area contributed by atoms with Crippen LogP contribution in [0.2, 0.25) is 0 Å². The van der Waals surface area contributed by atoms with Gasteiger partial charge in [0.2, 0.25) is 5.91 Å². The average Bonchev–Trinajstić information content (AvgIpc) is 3.23. The maximum absolute atomic E-state index is 11.6. The van der Waals surface area contributed by atoms with Crippen molar-refractivity contribution in [2.75, 3.05) is 5.32 Å². The van der Waals surface area contributed by atoms with Gasteiger partial charge in [-0.2, -0.15) is 0 Å². The monoisotopic (exact) mass is 362 g/mol. The highest BCUT2D eigenvalue weighted by Crippen LogP contribution is 2.38. The third-order valence-corrected chi connectivity index (χ3v) is 4.96. The number of carbonyl (C=O) groups is 2. The molecule has 1 amide bonds. The number of carboxylic acids is 1. The Morgan fingerprint density at radius 3 is 2.73 bits per heavy atom. The summed E-state index contributed by atoms with van der Waals surface area (Å²) < 4.78 is 0. The van der Waals surface area contributed by atoms with Gasteiger partial charge in [0.05, 0.1) is 5.69 Å². The number of aromatic nitrogens is 1. The number of benzene rings is 2. The molecule has 0 bridgehead atoms. The Bertz CT molecular complexity index is 1050. The number of carbonyl (C=O) groups excluding carboxylic acids is 1. The second-order valence-electron chi connectivity index (χ2n) is 5.90. The molecular weight excluding hydrogens is 348 g/mol. The molecular formula is C20H14N2O3S. The van der Waals surface area contributed by atoms with Gasteiger partial charge < -0.3 is 5.11 Å². The van der Waals surface area contributed by atoms with Crippen molar-refractivity contribution in [3.63, 3.8) is 0 Å². The lowest BCUT2D eigenvalue weighted by Crippen LogP contribution is -2.08. The van der Waals surface area contributed by atoms with Crippen LogP contribution in [0.1, 0.15) is 11.1 Å². The number of amides is 1. The zero-order valence-electron chi connectivity index (χ0n) is 13.6. The third kappa shape index (κ3) is 3.14. The first kappa shape index (κ1) is 16.2. The van der Waals surface area contributed by atoms with Crippen molar-refractivity contribution in [3.8, 4) is 22.4 Å². The van der Waals surface area contributed by atoms with Gasteiger partial charge in [-0.05, 0) is 34.7 Å². The van der Waals surface area contributed by atoms with Gasteiger partial charge in [0.25, 0.3) is 0 Å². The van der Waals surface area contributed by atoms with Crippen LogP contribution < -0.4 is 5.32 Å². The fourth-order valence-electron chi connectivity index (χ4n) is 3.06. The molecule has 1 aliphatic carbocycles. The number of nitrogens with zero attached hydrogens (tertiary/aromatic N) is 1. The van der Waals surface area contributed by atoms with E-state index in [0.717, 1.165) is 29.8 Å². The Morgan fingerprint density at radius 2 is 1.88 bits per heavy atom. The lowest BCUT2D eigenvalue weighted by molar-refractivity contribution is -0.131. The van der Waals surface area contributed by atoms with Crippen LogP contribution in [0.15, 0.2) is 60.0 Å². The van der Waals surface area contributed by atoms with Crippen LogP contribution in [-0.2, 0) is 16.0 Å². The SMILES string of the molecule is O=C(O)C=CC(=O)Nc1nc(-c2ccc3c(c2)Cc2ccccc2-3)cs1. The summed E-state index contributed by atoms with van der Waals surface area (Å²) in [5.41, 5.74) is 6.92. The predicted molar refractivity (Wildman–Crippen MR) is 101 cm³/mol. The molecule has 0 saturated carbocycles. The zero-order valence-corrected chi connectivity index (χ0v) is 14.4.